The number of nitrogens with one attached hydrogen (secondary N) is 1. The zero-order chi connectivity index (χ0) is 15.6. The van der Waals surface area contributed by atoms with Gasteiger partial charge in [0.15, 0.2) is 0 Å². The lowest BCUT2D eigenvalue weighted by molar-refractivity contribution is 0.329. The standard InChI is InChI=1S/C18H27N3/c1-13(18(2,3)4)21(6)17-16-10-8-7-9-14(16)11-15(20-17)12-19-5/h7-11,13,19H,12H2,1-6H3. The van der Waals surface area contributed by atoms with E-state index in [4.69, 9.17) is 4.98 Å². The van der Waals surface area contributed by atoms with E-state index in [1.54, 1.807) is 0 Å². The SMILES string of the molecule is CNCc1cc2ccccc2c(N(C)C(C)C(C)(C)C)n1. The summed E-state index contributed by atoms with van der Waals surface area (Å²) in [6, 6.07) is 11.1. The first kappa shape index (κ1) is 15.8. The van der Waals surface area contributed by atoms with Gasteiger partial charge in [0.1, 0.15) is 5.82 Å². The molecule has 1 aromatic carbocycles. The predicted molar refractivity (Wildman–Crippen MR) is 91.8 cm³/mol. The Kier molecular flexibility index (Phi) is 4.52. The second kappa shape index (κ2) is 6.02. The van der Waals surface area contributed by atoms with Gasteiger partial charge in [-0.1, -0.05) is 45.0 Å². The van der Waals surface area contributed by atoms with Crippen LogP contribution in [0.1, 0.15) is 33.4 Å². The number of hydrogen-bond donors (Lipinski definition) is 1. The molecule has 0 saturated carbocycles. The van der Waals surface area contributed by atoms with Crippen LogP contribution in [0.2, 0.25) is 0 Å². The summed E-state index contributed by atoms with van der Waals surface area (Å²) < 4.78 is 0. The molecule has 3 nitrogen and oxygen atoms in total. The first-order valence-corrected chi connectivity index (χ1v) is 7.60. The van der Waals surface area contributed by atoms with Crippen LogP contribution in [0.3, 0.4) is 0 Å². The van der Waals surface area contributed by atoms with E-state index in [1.165, 1.54) is 10.8 Å². The average Bonchev–Trinajstić information content (AvgIpc) is 2.44. The number of anilines is 1. The number of pyridine rings is 1. The van der Waals surface area contributed by atoms with Crippen molar-refractivity contribution in [1.82, 2.24) is 10.3 Å². The number of aromatic nitrogens is 1. The largest absolute Gasteiger partial charge is 0.356 e. The fourth-order valence-electron chi connectivity index (χ4n) is 2.54. The molecule has 2 aromatic rings. The summed E-state index contributed by atoms with van der Waals surface area (Å²) in [6.45, 7) is 9.87. The number of rotatable bonds is 4. The molecular formula is C18H27N3. The third-order valence-electron chi connectivity index (χ3n) is 4.30. The zero-order valence-electron chi connectivity index (χ0n) is 14.1. The van der Waals surface area contributed by atoms with Gasteiger partial charge < -0.3 is 10.2 Å². The van der Waals surface area contributed by atoms with Gasteiger partial charge in [-0.15, -0.1) is 0 Å². The fourth-order valence-corrected chi connectivity index (χ4v) is 2.54. The van der Waals surface area contributed by atoms with Crippen molar-refractivity contribution < 1.29 is 0 Å². The van der Waals surface area contributed by atoms with Gasteiger partial charge in [0.25, 0.3) is 0 Å². The summed E-state index contributed by atoms with van der Waals surface area (Å²) in [6.07, 6.45) is 0. The molecule has 0 radical (unpaired) electrons. The Morgan fingerprint density at radius 1 is 1.24 bits per heavy atom. The van der Waals surface area contributed by atoms with Crippen LogP contribution in [-0.4, -0.2) is 25.1 Å². The Morgan fingerprint density at radius 3 is 2.52 bits per heavy atom. The second-order valence-electron chi connectivity index (χ2n) is 6.84. The molecular weight excluding hydrogens is 258 g/mol. The minimum atomic E-state index is 0.205. The van der Waals surface area contributed by atoms with Crippen molar-refractivity contribution in [3.63, 3.8) is 0 Å². The molecule has 0 aliphatic rings. The third kappa shape index (κ3) is 3.35. The van der Waals surface area contributed by atoms with E-state index in [0.717, 1.165) is 18.1 Å². The van der Waals surface area contributed by atoms with Crippen LogP contribution in [0.15, 0.2) is 30.3 Å². The average molecular weight is 285 g/mol. The van der Waals surface area contributed by atoms with E-state index in [2.05, 4.69) is 75.3 Å². The topological polar surface area (TPSA) is 28.2 Å². The minimum absolute atomic E-state index is 0.205. The van der Waals surface area contributed by atoms with Crippen LogP contribution in [0.5, 0.6) is 0 Å². The van der Waals surface area contributed by atoms with Crippen molar-refractivity contribution in [3.05, 3.63) is 36.0 Å². The fraction of sp³-hybridized carbons (Fsp3) is 0.500. The molecule has 1 aromatic heterocycles. The molecule has 0 saturated heterocycles. The molecule has 1 heterocycles. The molecule has 0 aliphatic heterocycles. The van der Waals surface area contributed by atoms with Gasteiger partial charge in [0, 0.05) is 25.0 Å². The van der Waals surface area contributed by atoms with Crippen LogP contribution >= 0.6 is 0 Å². The molecule has 21 heavy (non-hydrogen) atoms. The number of benzene rings is 1. The van der Waals surface area contributed by atoms with E-state index >= 15 is 0 Å². The van der Waals surface area contributed by atoms with Crippen molar-refractivity contribution >= 4 is 16.6 Å². The van der Waals surface area contributed by atoms with E-state index < -0.39 is 0 Å². The van der Waals surface area contributed by atoms with Crippen molar-refractivity contribution in [1.29, 1.82) is 0 Å². The van der Waals surface area contributed by atoms with Crippen LogP contribution in [0, 0.1) is 5.41 Å². The van der Waals surface area contributed by atoms with Crippen molar-refractivity contribution in [3.8, 4) is 0 Å². The lowest BCUT2D eigenvalue weighted by atomic mass is 9.87. The maximum atomic E-state index is 4.89. The molecule has 0 spiro atoms. The van der Waals surface area contributed by atoms with Crippen molar-refractivity contribution in [2.24, 2.45) is 5.41 Å². The highest BCUT2D eigenvalue weighted by Gasteiger charge is 2.26. The van der Waals surface area contributed by atoms with Crippen LogP contribution in [0.25, 0.3) is 10.8 Å². The number of fused-ring (bicyclic) bond motifs is 1. The maximum absolute atomic E-state index is 4.89. The molecule has 0 bridgehead atoms. The second-order valence-corrected chi connectivity index (χ2v) is 6.84. The molecule has 0 aliphatic carbocycles. The van der Waals surface area contributed by atoms with Gasteiger partial charge in [-0.25, -0.2) is 4.98 Å². The summed E-state index contributed by atoms with van der Waals surface area (Å²) in [7, 11) is 4.10. The Labute approximate surface area is 128 Å². The predicted octanol–water partition coefficient (Wildman–Crippen LogP) is 3.83. The molecule has 114 valence electrons. The summed E-state index contributed by atoms with van der Waals surface area (Å²) in [5, 5.41) is 5.66. The molecule has 0 fully saturated rings. The number of nitrogens with zero attached hydrogens (tertiary/aromatic N) is 2. The quantitative estimate of drug-likeness (QED) is 0.925. The summed E-state index contributed by atoms with van der Waals surface area (Å²) >= 11 is 0. The highest BCUT2D eigenvalue weighted by atomic mass is 15.2. The van der Waals surface area contributed by atoms with Crippen LogP contribution < -0.4 is 10.2 Å². The first-order valence-electron chi connectivity index (χ1n) is 7.60. The summed E-state index contributed by atoms with van der Waals surface area (Å²) in [5.74, 6) is 1.07. The Hall–Kier alpha value is -1.61. The Balaban J connectivity index is 2.55. The van der Waals surface area contributed by atoms with Crippen molar-refractivity contribution in [2.45, 2.75) is 40.3 Å². The monoisotopic (exact) mass is 285 g/mol. The van der Waals surface area contributed by atoms with Crippen molar-refractivity contribution in [2.75, 3.05) is 19.0 Å². The molecule has 3 heteroatoms. The smallest absolute Gasteiger partial charge is 0.136 e. The van der Waals surface area contributed by atoms with E-state index in [1.807, 2.05) is 7.05 Å². The molecule has 1 N–H and O–H groups in total. The minimum Gasteiger partial charge on any atom is -0.356 e. The van der Waals surface area contributed by atoms with E-state index in [-0.39, 0.29) is 5.41 Å². The van der Waals surface area contributed by atoms with Gasteiger partial charge in [-0.05, 0) is 30.8 Å². The maximum Gasteiger partial charge on any atom is 0.136 e. The van der Waals surface area contributed by atoms with Gasteiger partial charge in [0.2, 0.25) is 0 Å². The van der Waals surface area contributed by atoms with E-state index in [0.29, 0.717) is 6.04 Å². The lowest BCUT2D eigenvalue weighted by Crippen LogP contribution is -2.40. The third-order valence-corrected chi connectivity index (χ3v) is 4.30. The van der Waals surface area contributed by atoms with E-state index in [9.17, 15) is 0 Å². The summed E-state index contributed by atoms with van der Waals surface area (Å²) in [4.78, 5) is 7.20. The van der Waals surface area contributed by atoms with Gasteiger partial charge in [-0.3, -0.25) is 0 Å². The number of hydrogen-bond acceptors (Lipinski definition) is 3. The highest BCUT2D eigenvalue weighted by molar-refractivity contribution is 5.92. The Morgan fingerprint density at radius 2 is 1.90 bits per heavy atom. The zero-order valence-corrected chi connectivity index (χ0v) is 14.1. The van der Waals surface area contributed by atoms with Crippen LogP contribution in [0.4, 0.5) is 5.82 Å². The van der Waals surface area contributed by atoms with Crippen LogP contribution in [-0.2, 0) is 6.54 Å². The molecule has 0 amide bonds. The summed E-state index contributed by atoms with van der Waals surface area (Å²) in [5.41, 5.74) is 1.29. The lowest BCUT2D eigenvalue weighted by Gasteiger charge is -2.36. The Bertz CT molecular complexity index is 613. The van der Waals surface area contributed by atoms with Gasteiger partial charge in [-0.2, -0.15) is 0 Å². The highest BCUT2D eigenvalue weighted by Crippen LogP contribution is 2.31. The molecule has 1 atom stereocenters. The molecule has 1 unspecified atom stereocenters. The van der Waals surface area contributed by atoms with Gasteiger partial charge in [0.05, 0.1) is 5.69 Å². The first-order chi connectivity index (χ1) is 9.84. The normalized spacial score (nSPS) is 13.4. The molecule has 2 rings (SSSR count). The van der Waals surface area contributed by atoms with Gasteiger partial charge >= 0.3 is 0 Å².